The van der Waals surface area contributed by atoms with Crippen molar-refractivity contribution in [3.8, 4) is 0 Å². The van der Waals surface area contributed by atoms with Crippen molar-refractivity contribution < 1.29 is 24.2 Å². The lowest BCUT2D eigenvalue weighted by molar-refractivity contribution is -0.145. The Kier molecular flexibility index (Phi) is 11.2. The Bertz CT molecular complexity index is 549. The van der Waals surface area contributed by atoms with Gasteiger partial charge in [-0.3, -0.25) is 14.4 Å². The standard InChI is InChI=1S/C21H34N2O5/c1-4-6-7-11-20(26)28-15-16(3)22-21(27)17(9-5-2)13-19(25)23-12-8-10-18(23)14-24/h4-5,16-18,24H,1-2,6-15H2,3H3,(H,22,27)/t16-,17+,18-/m0/s1. The van der Waals surface area contributed by atoms with Crippen LogP contribution in [-0.2, 0) is 19.1 Å². The van der Waals surface area contributed by atoms with Crippen LogP contribution in [-0.4, -0.2) is 59.6 Å². The number of ether oxygens (including phenoxy) is 1. The van der Waals surface area contributed by atoms with Crippen molar-refractivity contribution in [1.29, 1.82) is 0 Å². The van der Waals surface area contributed by atoms with E-state index < -0.39 is 5.92 Å². The molecular weight excluding hydrogens is 360 g/mol. The molecule has 2 N–H and O–H groups in total. The zero-order valence-corrected chi connectivity index (χ0v) is 16.9. The van der Waals surface area contributed by atoms with E-state index in [1.165, 1.54) is 0 Å². The van der Waals surface area contributed by atoms with E-state index in [1.54, 1.807) is 24.0 Å². The minimum absolute atomic E-state index is 0.0563. The van der Waals surface area contributed by atoms with Crippen molar-refractivity contribution >= 4 is 17.8 Å². The van der Waals surface area contributed by atoms with Gasteiger partial charge in [0.05, 0.1) is 24.6 Å². The lowest BCUT2D eigenvalue weighted by Crippen LogP contribution is -2.43. The van der Waals surface area contributed by atoms with Crippen molar-refractivity contribution in [2.45, 2.75) is 64.0 Å². The molecule has 0 unspecified atom stereocenters. The van der Waals surface area contributed by atoms with Gasteiger partial charge in [0.15, 0.2) is 0 Å². The molecular formula is C21H34N2O5. The van der Waals surface area contributed by atoms with Gasteiger partial charge in [0.1, 0.15) is 6.61 Å². The molecule has 1 heterocycles. The molecule has 1 saturated heterocycles. The third-order valence-corrected chi connectivity index (χ3v) is 4.82. The number of nitrogens with zero attached hydrogens (tertiary/aromatic N) is 1. The van der Waals surface area contributed by atoms with Crippen LogP contribution in [0.5, 0.6) is 0 Å². The Morgan fingerprint density at radius 2 is 2.07 bits per heavy atom. The van der Waals surface area contributed by atoms with Crippen LogP contribution in [0.1, 0.15) is 51.9 Å². The van der Waals surface area contributed by atoms with Crippen LogP contribution in [0.3, 0.4) is 0 Å². The molecule has 0 spiro atoms. The molecule has 0 radical (unpaired) electrons. The average molecular weight is 395 g/mol. The number of likely N-dealkylation sites (tertiary alicyclic amines) is 1. The summed E-state index contributed by atoms with van der Waals surface area (Å²) in [4.78, 5) is 38.4. The van der Waals surface area contributed by atoms with Gasteiger partial charge in [-0.05, 0) is 39.0 Å². The molecule has 0 aromatic carbocycles. The largest absolute Gasteiger partial charge is 0.464 e. The summed E-state index contributed by atoms with van der Waals surface area (Å²) in [6.07, 6.45) is 7.25. The maximum Gasteiger partial charge on any atom is 0.305 e. The normalized spacial score (nSPS) is 18.2. The van der Waals surface area contributed by atoms with E-state index in [4.69, 9.17) is 4.74 Å². The minimum Gasteiger partial charge on any atom is -0.464 e. The van der Waals surface area contributed by atoms with E-state index in [2.05, 4.69) is 18.5 Å². The van der Waals surface area contributed by atoms with Crippen molar-refractivity contribution in [3.05, 3.63) is 25.3 Å². The number of carbonyl (C=O) groups excluding carboxylic acids is 3. The fourth-order valence-electron chi connectivity index (χ4n) is 3.25. The molecule has 0 aromatic heterocycles. The first-order valence-corrected chi connectivity index (χ1v) is 10.0. The molecule has 1 fully saturated rings. The number of esters is 1. The predicted octanol–water partition coefficient (Wildman–Crippen LogP) is 1.96. The van der Waals surface area contributed by atoms with E-state index in [0.29, 0.717) is 25.8 Å². The predicted molar refractivity (Wildman–Crippen MR) is 107 cm³/mol. The molecule has 1 aliphatic rings. The Balaban J connectivity index is 2.48. The highest BCUT2D eigenvalue weighted by atomic mass is 16.5. The third kappa shape index (κ3) is 8.25. The number of amides is 2. The maximum absolute atomic E-state index is 12.6. The zero-order valence-electron chi connectivity index (χ0n) is 16.9. The summed E-state index contributed by atoms with van der Waals surface area (Å²) in [5.41, 5.74) is 0. The number of nitrogens with one attached hydrogen (secondary N) is 1. The van der Waals surface area contributed by atoms with Crippen LogP contribution in [0, 0.1) is 5.92 Å². The summed E-state index contributed by atoms with van der Waals surface area (Å²) < 4.78 is 5.17. The van der Waals surface area contributed by atoms with E-state index >= 15 is 0 Å². The molecule has 0 aromatic rings. The molecule has 0 saturated carbocycles. The molecule has 3 atom stereocenters. The SMILES string of the molecule is C=CCCCC(=O)OC[C@H](C)NC(=O)[C@H](CC=C)CC(=O)N1CCC[C@H]1CO. The van der Waals surface area contributed by atoms with Gasteiger partial charge in [0, 0.05) is 19.4 Å². The number of hydrogen-bond donors (Lipinski definition) is 2. The second-order valence-corrected chi connectivity index (χ2v) is 7.26. The van der Waals surface area contributed by atoms with Gasteiger partial charge in [-0.25, -0.2) is 0 Å². The molecule has 1 rings (SSSR count). The fourth-order valence-corrected chi connectivity index (χ4v) is 3.25. The molecule has 7 heteroatoms. The van der Waals surface area contributed by atoms with Crippen LogP contribution in [0.4, 0.5) is 0 Å². The highest BCUT2D eigenvalue weighted by Crippen LogP contribution is 2.20. The Labute approximate surface area is 167 Å². The number of carbonyl (C=O) groups is 3. The molecule has 7 nitrogen and oxygen atoms in total. The van der Waals surface area contributed by atoms with Crippen molar-refractivity contribution in [1.82, 2.24) is 10.2 Å². The molecule has 158 valence electrons. The van der Waals surface area contributed by atoms with Gasteiger partial charge in [0.25, 0.3) is 0 Å². The summed E-state index contributed by atoms with van der Waals surface area (Å²) >= 11 is 0. The first-order valence-electron chi connectivity index (χ1n) is 10.0. The summed E-state index contributed by atoms with van der Waals surface area (Å²) in [5.74, 6) is -1.22. The number of unbranched alkanes of at least 4 members (excludes halogenated alkanes) is 1. The minimum atomic E-state index is -0.532. The maximum atomic E-state index is 12.6. The van der Waals surface area contributed by atoms with Gasteiger partial charge < -0.3 is 20.1 Å². The summed E-state index contributed by atoms with van der Waals surface area (Å²) in [7, 11) is 0. The van der Waals surface area contributed by atoms with Crippen molar-refractivity contribution in [2.75, 3.05) is 19.8 Å². The number of hydrogen-bond acceptors (Lipinski definition) is 5. The van der Waals surface area contributed by atoms with Gasteiger partial charge in [-0.1, -0.05) is 12.2 Å². The second-order valence-electron chi connectivity index (χ2n) is 7.26. The van der Waals surface area contributed by atoms with Crippen molar-refractivity contribution in [2.24, 2.45) is 5.92 Å². The molecule has 0 aliphatic carbocycles. The van der Waals surface area contributed by atoms with E-state index in [0.717, 1.165) is 19.3 Å². The Hall–Kier alpha value is -2.15. The first-order chi connectivity index (χ1) is 13.4. The van der Waals surface area contributed by atoms with Crippen LogP contribution in [0.15, 0.2) is 25.3 Å². The van der Waals surface area contributed by atoms with Gasteiger partial charge >= 0.3 is 5.97 Å². The zero-order chi connectivity index (χ0) is 20.9. The monoisotopic (exact) mass is 394 g/mol. The smallest absolute Gasteiger partial charge is 0.305 e. The second kappa shape index (κ2) is 13.1. The van der Waals surface area contributed by atoms with E-state index in [9.17, 15) is 19.5 Å². The highest BCUT2D eigenvalue weighted by Gasteiger charge is 2.31. The summed E-state index contributed by atoms with van der Waals surface area (Å²) in [6.45, 7) is 9.68. The van der Waals surface area contributed by atoms with Crippen LogP contribution >= 0.6 is 0 Å². The Morgan fingerprint density at radius 3 is 2.71 bits per heavy atom. The molecule has 1 aliphatic heterocycles. The third-order valence-electron chi connectivity index (χ3n) is 4.82. The molecule has 28 heavy (non-hydrogen) atoms. The molecule has 2 amide bonds. The number of rotatable bonds is 13. The fraction of sp³-hybridized carbons (Fsp3) is 0.667. The average Bonchev–Trinajstić information content (AvgIpc) is 3.15. The number of allylic oxidation sites excluding steroid dienone is 2. The highest BCUT2D eigenvalue weighted by molar-refractivity contribution is 5.86. The van der Waals surface area contributed by atoms with Crippen LogP contribution in [0.25, 0.3) is 0 Å². The van der Waals surface area contributed by atoms with E-state index in [-0.39, 0.29) is 49.5 Å². The Morgan fingerprint density at radius 1 is 1.32 bits per heavy atom. The van der Waals surface area contributed by atoms with Gasteiger partial charge in [-0.2, -0.15) is 0 Å². The molecule has 0 bridgehead atoms. The lowest BCUT2D eigenvalue weighted by Gasteiger charge is -2.25. The summed E-state index contributed by atoms with van der Waals surface area (Å²) in [6, 6.07) is -0.505. The van der Waals surface area contributed by atoms with Crippen LogP contribution < -0.4 is 5.32 Å². The van der Waals surface area contributed by atoms with Crippen molar-refractivity contribution in [3.63, 3.8) is 0 Å². The first kappa shape index (κ1) is 23.9. The number of aliphatic hydroxyl groups is 1. The van der Waals surface area contributed by atoms with Gasteiger partial charge in [-0.15, -0.1) is 13.2 Å². The lowest BCUT2D eigenvalue weighted by atomic mass is 9.99. The topological polar surface area (TPSA) is 95.9 Å². The van der Waals surface area contributed by atoms with Gasteiger partial charge in [0.2, 0.25) is 11.8 Å². The van der Waals surface area contributed by atoms with E-state index in [1.807, 2.05) is 0 Å². The van der Waals surface area contributed by atoms with Crippen LogP contribution in [0.2, 0.25) is 0 Å². The number of aliphatic hydroxyl groups excluding tert-OH is 1. The summed E-state index contributed by atoms with van der Waals surface area (Å²) in [5, 5.41) is 12.2. The quantitative estimate of drug-likeness (QED) is 0.283.